The summed E-state index contributed by atoms with van der Waals surface area (Å²) in [6.07, 6.45) is 1.85. The molecule has 0 saturated heterocycles. The van der Waals surface area contributed by atoms with Gasteiger partial charge in [0.2, 0.25) is 0 Å². The van der Waals surface area contributed by atoms with Gasteiger partial charge in [0, 0.05) is 6.54 Å². The van der Waals surface area contributed by atoms with Crippen molar-refractivity contribution in [1.82, 2.24) is 10.3 Å². The number of carbonyl (C=O) groups excluding carboxylic acids is 1. The number of thiazole rings is 1. The first-order chi connectivity index (χ1) is 9.22. The molecule has 0 aliphatic carbocycles. The number of hydrogen-bond acceptors (Lipinski definition) is 5. The molecule has 0 aromatic carbocycles. The van der Waals surface area contributed by atoms with Gasteiger partial charge in [0.05, 0.1) is 10.6 Å². The van der Waals surface area contributed by atoms with Crippen LogP contribution < -0.4 is 11.1 Å². The molecule has 2 rings (SSSR count). The summed E-state index contributed by atoms with van der Waals surface area (Å²) in [6, 6.07) is 4.01. The summed E-state index contributed by atoms with van der Waals surface area (Å²) in [7, 11) is 0. The highest BCUT2D eigenvalue weighted by Gasteiger charge is 2.16. The Morgan fingerprint density at radius 1 is 1.47 bits per heavy atom. The Labute approximate surface area is 120 Å². The molecule has 0 radical (unpaired) electrons. The number of nitrogens with one attached hydrogen (secondary N) is 1. The zero-order chi connectivity index (χ0) is 13.7. The first kappa shape index (κ1) is 14.2. The van der Waals surface area contributed by atoms with Gasteiger partial charge < -0.3 is 11.1 Å². The van der Waals surface area contributed by atoms with Crippen molar-refractivity contribution in [2.24, 2.45) is 5.73 Å². The summed E-state index contributed by atoms with van der Waals surface area (Å²) in [6.45, 7) is 3.21. The van der Waals surface area contributed by atoms with Crippen molar-refractivity contribution in [2.75, 3.05) is 13.1 Å². The number of hydrogen-bond donors (Lipinski definition) is 2. The number of rotatable bonds is 6. The monoisotopic (exact) mass is 295 g/mol. The maximum absolute atomic E-state index is 12.0. The molecule has 2 heterocycles. The van der Waals surface area contributed by atoms with Crippen molar-refractivity contribution < 1.29 is 4.79 Å². The highest BCUT2D eigenvalue weighted by atomic mass is 32.1. The van der Waals surface area contributed by atoms with Crippen LogP contribution in [0.25, 0.3) is 9.88 Å². The van der Waals surface area contributed by atoms with Crippen LogP contribution in [0.3, 0.4) is 0 Å². The van der Waals surface area contributed by atoms with Crippen molar-refractivity contribution in [3.05, 3.63) is 28.1 Å². The van der Waals surface area contributed by atoms with Gasteiger partial charge in [0.25, 0.3) is 5.91 Å². The van der Waals surface area contributed by atoms with E-state index in [1.807, 2.05) is 24.4 Å². The van der Waals surface area contributed by atoms with Crippen LogP contribution in [0.15, 0.2) is 17.5 Å². The van der Waals surface area contributed by atoms with Gasteiger partial charge in [-0.25, -0.2) is 4.98 Å². The molecule has 4 nitrogen and oxygen atoms in total. The molecule has 0 unspecified atom stereocenters. The molecule has 0 spiro atoms. The van der Waals surface area contributed by atoms with E-state index in [2.05, 4.69) is 10.3 Å². The number of amides is 1. The van der Waals surface area contributed by atoms with Gasteiger partial charge in [-0.1, -0.05) is 6.07 Å². The third-order valence-electron chi connectivity index (χ3n) is 2.65. The van der Waals surface area contributed by atoms with Crippen molar-refractivity contribution in [1.29, 1.82) is 0 Å². The number of aryl methyl sites for hydroxylation is 1. The second-order valence-electron chi connectivity index (χ2n) is 4.16. The van der Waals surface area contributed by atoms with E-state index in [9.17, 15) is 4.79 Å². The molecule has 6 heteroatoms. The van der Waals surface area contributed by atoms with E-state index in [-0.39, 0.29) is 5.91 Å². The Balaban J connectivity index is 2.02. The molecule has 0 atom stereocenters. The van der Waals surface area contributed by atoms with Crippen LogP contribution in [-0.4, -0.2) is 24.0 Å². The molecule has 102 valence electrons. The Morgan fingerprint density at radius 3 is 3.00 bits per heavy atom. The molecule has 2 aromatic rings. The zero-order valence-corrected chi connectivity index (χ0v) is 12.4. The molecule has 0 saturated carbocycles. The van der Waals surface area contributed by atoms with E-state index in [1.165, 1.54) is 11.3 Å². The average Bonchev–Trinajstić information content (AvgIpc) is 3.03. The van der Waals surface area contributed by atoms with E-state index in [1.54, 1.807) is 11.3 Å². The predicted molar refractivity (Wildman–Crippen MR) is 80.8 cm³/mol. The summed E-state index contributed by atoms with van der Waals surface area (Å²) in [4.78, 5) is 18.3. The standard InChI is InChI=1S/C13H17N3OS2/c1-9-11(12(17)15-7-3-2-6-14)19-13(16-9)10-5-4-8-18-10/h4-5,8H,2-3,6-7,14H2,1H3,(H,15,17). The van der Waals surface area contributed by atoms with E-state index in [0.29, 0.717) is 18.0 Å². The van der Waals surface area contributed by atoms with Crippen LogP contribution >= 0.6 is 22.7 Å². The topological polar surface area (TPSA) is 68.0 Å². The molecule has 0 aliphatic rings. The van der Waals surface area contributed by atoms with E-state index < -0.39 is 0 Å². The number of carbonyl (C=O) groups is 1. The maximum atomic E-state index is 12.0. The Hall–Kier alpha value is -1.24. The van der Waals surface area contributed by atoms with Crippen molar-refractivity contribution in [3.63, 3.8) is 0 Å². The van der Waals surface area contributed by atoms with Crippen LogP contribution in [0.1, 0.15) is 28.2 Å². The first-order valence-electron chi connectivity index (χ1n) is 6.22. The SMILES string of the molecule is Cc1nc(-c2cccs2)sc1C(=O)NCCCCN. The molecule has 0 aliphatic heterocycles. The van der Waals surface area contributed by atoms with Crippen LogP contribution in [0.4, 0.5) is 0 Å². The minimum Gasteiger partial charge on any atom is -0.351 e. The van der Waals surface area contributed by atoms with E-state index >= 15 is 0 Å². The van der Waals surface area contributed by atoms with Crippen LogP contribution in [0.2, 0.25) is 0 Å². The molecule has 19 heavy (non-hydrogen) atoms. The summed E-state index contributed by atoms with van der Waals surface area (Å²) in [5, 5.41) is 5.84. The third kappa shape index (κ3) is 3.62. The van der Waals surface area contributed by atoms with Gasteiger partial charge in [-0.3, -0.25) is 4.79 Å². The highest BCUT2D eigenvalue weighted by molar-refractivity contribution is 7.22. The van der Waals surface area contributed by atoms with Gasteiger partial charge in [-0.2, -0.15) is 0 Å². The minimum absolute atomic E-state index is 0.0326. The van der Waals surface area contributed by atoms with Crippen molar-refractivity contribution in [3.8, 4) is 9.88 Å². The number of aromatic nitrogens is 1. The maximum Gasteiger partial charge on any atom is 0.263 e. The average molecular weight is 295 g/mol. The summed E-state index contributed by atoms with van der Waals surface area (Å²) in [5.74, 6) is -0.0326. The molecule has 2 aromatic heterocycles. The number of nitrogens with zero attached hydrogens (tertiary/aromatic N) is 1. The zero-order valence-electron chi connectivity index (χ0n) is 10.8. The first-order valence-corrected chi connectivity index (χ1v) is 7.91. The predicted octanol–water partition coefficient (Wildman–Crippen LogP) is 2.65. The lowest BCUT2D eigenvalue weighted by atomic mass is 10.3. The number of thiophene rings is 1. The van der Waals surface area contributed by atoms with Gasteiger partial charge in [-0.05, 0) is 37.8 Å². The second-order valence-corrected chi connectivity index (χ2v) is 6.11. The van der Waals surface area contributed by atoms with Crippen LogP contribution in [-0.2, 0) is 0 Å². The fourth-order valence-electron chi connectivity index (χ4n) is 1.66. The van der Waals surface area contributed by atoms with Gasteiger partial charge in [-0.15, -0.1) is 22.7 Å². The van der Waals surface area contributed by atoms with Gasteiger partial charge >= 0.3 is 0 Å². The lowest BCUT2D eigenvalue weighted by Gasteiger charge is -2.02. The lowest BCUT2D eigenvalue weighted by Crippen LogP contribution is -2.24. The van der Waals surface area contributed by atoms with Crippen LogP contribution in [0.5, 0.6) is 0 Å². The lowest BCUT2D eigenvalue weighted by molar-refractivity contribution is 0.0956. The fourth-order valence-corrected chi connectivity index (χ4v) is 3.44. The number of nitrogens with two attached hydrogens (primary N) is 1. The number of unbranched alkanes of at least 4 members (excludes halogenated alkanes) is 1. The Kier molecular flexibility index (Phi) is 5.07. The summed E-state index contributed by atoms with van der Waals surface area (Å²) < 4.78 is 0. The summed E-state index contributed by atoms with van der Waals surface area (Å²) in [5.41, 5.74) is 6.21. The quantitative estimate of drug-likeness (QED) is 0.805. The Bertz CT molecular complexity index is 534. The molecular formula is C13H17N3OS2. The molecule has 3 N–H and O–H groups in total. The van der Waals surface area contributed by atoms with Crippen LogP contribution in [0, 0.1) is 6.92 Å². The Morgan fingerprint density at radius 2 is 2.32 bits per heavy atom. The second kappa shape index (κ2) is 6.79. The largest absolute Gasteiger partial charge is 0.351 e. The molecule has 0 fully saturated rings. The fraction of sp³-hybridized carbons (Fsp3) is 0.385. The molecule has 0 bridgehead atoms. The smallest absolute Gasteiger partial charge is 0.263 e. The van der Waals surface area contributed by atoms with E-state index in [0.717, 1.165) is 28.4 Å². The minimum atomic E-state index is -0.0326. The highest BCUT2D eigenvalue weighted by Crippen LogP contribution is 2.30. The third-order valence-corrected chi connectivity index (χ3v) is 4.85. The normalized spacial score (nSPS) is 10.6. The molecule has 1 amide bonds. The van der Waals surface area contributed by atoms with Gasteiger partial charge in [0.15, 0.2) is 0 Å². The summed E-state index contributed by atoms with van der Waals surface area (Å²) >= 11 is 3.09. The van der Waals surface area contributed by atoms with Gasteiger partial charge in [0.1, 0.15) is 9.88 Å². The van der Waals surface area contributed by atoms with Crippen molar-refractivity contribution in [2.45, 2.75) is 19.8 Å². The van der Waals surface area contributed by atoms with Crippen molar-refractivity contribution >= 4 is 28.6 Å². The van der Waals surface area contributed by atoms with E-state index in [4.69, 9.17) is 5.73 Å². The molecular weight excluding hydrogens is 278 g/mol.